The van der Waals surface area contributed by atoms with Crippen molar-refractivity contribution >= 4 is 11.6 Å². The molecule has 1 heterocycles. The first-order valence-corrected chi connectivity index (χ1v) is 5.72. The zero-order valence-electron chi connectivity index (χ0n) is 9.04. The Bertz CT molecular complexity index is 157. The summed E-state index contributed by atoms with van der Waals surface area (Å²) in [5, 5.41) is 0. The van der Waals surface area contributed by atoms with Gasteiger partial charge in [0.05, 0.1) is 12.7 Å². The third kappa shape index (κ3) is 3.73. The Balaban J connectivity index is 2.27. The molecular formula is C10H20ClNO2. The van der Waals surface area contributed by atoms with Crippen molar-refractivity contribution in [3.8, 4) is 0 Å². The molecule has 0 bridgehead atoms. The van der Waals surface area contributed by atoms with Crippen LogP contribution >= 0.6 is 11.6 Å². The molecule has 1 fully saturated rings. The van der Waals surface area contributed by atoms with E-state index in [1.54, 1.807) is 7.11 Å². The average molecular weight is 222 g/mol. The van der Waals surface area contributed by atoms with Gasteiger partial charge in [-0.15, -0.1) is 11.6 Å². The van der Waals surface area contributed by atoms with Crippen molar-refractivity contribution in [3.05, 3.63) is 0 Å². The summed E-state index contributed by atoms with van der Waals surface area (Å²) in [6.45, 7) is 5.82. The van der Waals surface area contributed by atoms with Gasteiger partial charge in [-0.3, -0.25) is 4.90 Å². The van der Waals surface area contributed by atoms with Crippen molar-refractivity contribution in [2.24, 2.45) is 0 Å². The molecule has 0 saturated carbocycles. The highest BCUT2D eigenvalue weighted by molar-refractivity contribution is 6.18. The molecule has 0 aromatic carbocycles. The molecule has 0 aromatic rings. The average Bonchev–Trinajstić information content (AvgIpc) is 2.26. The van der Waals surface area contributed by atoms with Gasteiger partial charge in [0, 0.05) is 38.7 Å². The maximum Gasteiger partial charge on any atom is 0.0837 e. The van der Waals surface area contributed by atoms with Crippen LogP contribution in [0.15, 0.2) is 0 Å². The normalized spacial score (nSPS) is 26.4. The van der Waals surface area contributed by atoms with Gasteiger partial charge in [-0.05, 0) is 13.3 Å². The van der Waals surface area contributed by atoms with Crippen molar-refractivity contribution in [2.45, 2.75) is 25.5 Å². The van der Waals surface area contributed by atoms with Crippen LogP contribution in [0, 0.1) is 0 Å². The number of halogens is 1. The van der Waals surface area contributed by atoms with Crippen LogP contribution in [0.4, 0.5) is 0 Å². The Labute approximate surface area is 91.3 Å². The summed E-state index contributed by atoms with van der Waals surface area (Å²) in [5.74, 6) is 0.591. The predicted octanol–water partition coefficient (Wildman–Crippen LogP) is 1.35. The van der Waals surface area contributed by atoms with Crippen LogP contribution in [-0.2, 0) is 9.47 Å². The molecule has 84 valence electrons. The van der Waals surface area contributed by atoms with Crippen LogP contribution in [0.3, 0.4) is 0 Å². The number of alkyl halides is 1. The van der Waals surface area contributed by atoms with Crippen molar-refractivity contribution in [2.75, 3.05) is 39.3 Å². The second-order valence-electron chi connectivity index (χ2n) is 3.77. The molecule has 0 spiro atoms. The molecule has 3 nitrogen and oxygen atoms in total. The summed E-state index contributed by atoms with van der Waals surface area (Å²) in [6.07, 6.45) is 1.28. The predicted molar refractivity (Wildman–Crippen MR) is 58.0 cm³/mol. The van der Waals surface area contributed by atoms with Gasteiger partial charge in [0.2, 0.25) is 0 Å². The largest absolute Gasteiger partial charge is 0.385 e. The van der Waals surface area contributed by atoms with Crippen LogP contribution in [0.25, 0.3) is 0 Å². The summed E-state index contributed by atoms with van der Waals surface area (Å²) in [5.41, 5.74) is 0. The number of morpholine rings is 1. The molecule has 0 amide bonds. The van der Waals surface area contributed by atoms with Gasteiger partial charge in [0.15, 0.2) is 0 Å². The summed E-state index contributed by atoms with van der Waals surface area (Å²) < 4.78 is 10.6. The van der Waals surface area contributed by atoms with Gasteiger partial charge < -0.3 is 9.47 Å². The molecule has 0 aromatic heterocycles. The maximum absolute atomic E-state index is 5.78. The van der Waals surface area contributed by atoms with Crippen LogP contribution in [0.1, 0.15) is 13.3 Å². The van der Waals surface area contributed by atoms with Gasteiger partial charge in [0.1, 0.15) is 0 Å². The second kappa shape index (κ2) is 6.62. The Morgan fingerprint density at radius 1 is 1.64 bits per heavy atom. The number of hydrogen-bond acceptors (Lipinski definition) is 3. The van der Waals surface area contributed by atoms with Crippen LogP contribution in [0.2, 0.25) is 0 Å². The van der Waals surface area contributed by atoms with Gasteiger partial charge in [-0.1, -0.05) is 0 Å². The standard InChI is InChI=1S/C10H20ClNO2/c1-9(3-5-13-2)12-4-6-14-10(7-11)8-12/h9-10H,3-8H2,1-2H3. The molecule has 1 saturated heterocycles. The Hall–Kier alpha value is 0.170. The molecule has 1 aliphatic rings. The van der Waals surface area contributed by atoms with Crippen molar-refractivity contribution in [3.63, 3.8) is 0 Å². The highest BCUT2D eigenvalue weighted by Gasteiger charge is 2.22. The first kappa shape index (κ1) is 12.2. The van der Waals surface area contributed by atoms with E-state index in [2.05, 4.69) is 11.8 Å². The third-order valence-electron chi connectivity index (χ3n) is 2.71. The molecule has 14 heavy (non-hydrogen) atoms. The molecule has 4 heteroatoms. The molecule has 2 atom stereocenters. The molecule has 0 aliphatic carbocycles. The van der Waals surface area contributed by atoms with Crippen molar-refractivity contribution < 1.29 is 9.47 Å². The summed E-state index contributed by atoms with van der Waals surface area (Å²) in [4.78, 5) is 2.43. The van der Waals surface area contributed by atoms with Gasteiger partial charge in [-0.2, -0.15) is 0 Å². The minimum atomic E-state index is 0.204. The Morgan fingerprint density at radius 2 is 2.43 bits per heavy atom. The smallest absolute Gasteiger partial charge is 0.0837 e. The number of hydrogen-bond donors (Lipinski definition) is 0. The SMILES string of the molecule is COCCC(C)N1CCOC(CCl)C1. The van der Waals surface area contributed by atoms with E-state index in [9.17, 15) is 0 Å². The quantitative estimate of drug-likeness (QED) is 0.655. The lowest BCUT2D eigenvalue weighted by atomic mass is 10.2. The highest BCUT2D eigenvalue weighted by atomic mass is 35.5. The molecule has 0 N–H and O–H groups in total. The molecule has 0 radical (unpaired) electrons. The monoisotopic (exact) mass is 221 g/mol. The van der Waals surface area contributed by atoms with E-state index in [0.29, 0.717) is 11.9 Å². The van der Waals surface area contributed by atoms with E-state index in [-0.39, 0.29) is 6.10 Å². The number of methoxy groups -OCH3 is 1. The zero-order chi connectivity index (χ0) is 10.4. The van der Waals surface area contributed by atoms with E-state index >= 15 is 0 Å². The van der Waals surface area contributed by atoms with Crippen LogP contribution in [0.5, 0.6) is 0 Å². The van der Waals surface area contributed by atoms with E-state index in [4.69, 9.17) is 21.1 Å². The van der Waals surface area contributed by atoms with Crippen molar-refractivity contribution in [1.82, 2.24) is 4.90 Å². The minimum absolute atomic E-state index is 0.204. The summed E-state index contributed by atoms with van der Waals surface area (Å²) in [6, 6.07) is 0.560. The highest BCUT2D eigenvalue weighted by Crippen LogP contribution is 2.12. The third-order valence-corrected chi connectivity index (χ3v) is 3.05. The lowest BCUT2D eigenvalue weighted by molar-refractivity contribution is -0.0334. The zero-order valence-corrected chi connectivity index (χ0v) is 9.79. The summed E-state index contributed by atoms with van der Waals surface area (Å²) >= 11 is 5.78. The van der Waals surface area contributed by atoms with Gasteiger partial charge in [-0.25, -0.2) is 0 Å². The number of rotatable bonds is 5. The lowest BCUT2D eigenvalue weighted by Crippen LogP contribution is -2.47. The topological polar surface area (TPSA) is 21.7 Å². The molecular weight excluding hydrogens is 202 g/mol. The van der Waals surface area contributed by atoms with E-state index in [1.165, 1.54) is 0 Å². The van der Waals surface area contributed by atoms with Gasteiger partial charge >= 0.3 is 0 Å². The van der Waals surface area contributed by atoms with Crippen LogP contribution in [-0.4, -0.2) is 56.3 Å². The number of ether oxygens (including phenoxy) is 2. The van der Waals surface area contributed by atoms with E-state index in [0.717, 1.165) is 32.7 Å². The maximum atomic E-state index is 5.78. The number of nitrogens with zero attached hydrogens (tertiary/aromatic N) is 1. The first-order valence-electron chi connectivity index (χ1n) is 5.18. The summed E-state index contributed by atoms with van der Waals surface area (Å²) in [7, 11) is 1.74. The molecule has 1 aliphatic heterocycles. The van der Waals surface area contributed by atoms with Crippen molar-refractivity contribution in [1.29, 1.82) is 0 Å². The second-order valence-corrected chi connectivity index (χ2v) is 4.08. The van der Waals surface area contributed by atoms with E-state index < -0.39 is 0 Å². The van der Waals surface area contributed by atoms with Gasteiger partial charge in [0.25, 0.3) is 0 Å². The fourth-order valence-electron chi connectivity index (χ4n) is 1.71. The van der Waals surface area contributed by atoms with E-state index in [1.807, 2.05) is 0 Å². The first-order chi connectivity index (χ1) is 6.77. The molecule has 1 rings (SSSR count). The lowest BCUT2D eigenvalue weighted by Gasteiger charge is -2.36. The fourth-order valence-corrected chi connectivity index (χ4v) is 1.89. The molecule has 2 unspecified atom stereocenters. The minimum Gasteiger partial charge on any atom is -0.385 e. The fraction of sp³-hybridized carbons (Fsp3) is 1.00. The van der Waals surface area contributed by atoms with Crippen LogP contribution < -0.4 is 0 Å². The Morgan fingerprint density at radius 3 is 3.07 bits per heavy atom. The Kier molecular flexibility index (Phi) is 5.78.